The van der Waals surface area contributed by atoms with Crippen molar-refractivity contribution in [2.45, 2.75) is 0 Å². The average Bonchev–Trinajstić information content (AvgIpc) is 1.89. The molecule has 48 valence electrons. The number of rotatable bonds is 4. The molecule has 0 rings (SSSR count). The van der Waals surface area contributed by atoms with Crippen LogP contribution in [0, 0.1) is 20.5 Å². The van der Waals surface area contributed by atoms with Gasteiger partial charge in [0.25, 0.3) is 0 Å². The van der Waals surface area contributed by atoms with Crippen LogP contribution in [-0.4, -0.2) is 37.4 Å². The SMILES string of the molecule is N#C[Se]OCO[Se]C#N. The molecular formula is C3H2N2O2Se2. The summed E-state index contributed by atoms with van der Waals surface area (Å²) in [7, 11) is 0. The monoisotopic (exact) mass is 258 g/mol. The summed E-state index contributed by atoms with van der Waals surface area (Å²) in [6, 6.07) is 0. The molecule has 0 unspecified atom stereocenters. The van der Waals surface area contributed by atoms with E-state index in [-0.39, 0.29) is 6.79 Å². The standard InChI is InChI=1S/C3H2N2O2Se2/c4-1-8-6-3-7-9-2-5/h3H2. The quantitative estimate of drug-likeness (QED) is 0.374. The molecule has 0 spiro atoms. The Bertz CT molecular complexity index is 122. The van der Waals surface area contributed by atoms with Gasteiger partial charge in [-0.1, -0.05) is 0 Å². The number of nitrogens with zero attached hydrogens (tertiary/aromatic N) is 2. The van der Waals surface area contributed by atoms with Gasteiger partial charge in [-0.15, -0.1) is 0 Å². The minimum atomic E-state index is -0.453. The summed E-state index contributed by atoms with van der Waals surface area (Å²) in [6.45, 7) is 0.0706. The van der Waals surface area contributed by atoms with Crippen LogP contribution in [0.3, 0.4) is 0 Å². The number of hydrogen-bond donors (Lipinski definition) is 0. The van der Waals surface area contributed by atoms with Crippen molar-refractivity contribution in [3.8, 4) is 9.94 Å². The van der Waals surface area contributed by atoms with Gasteiger partial charge in [0, 0.05) is 0 Å². The van der Waals surface area contributed by atoms with Crippen LogP contribution in [0.1, 0.15) is 0 Å². The second kappa shape index (κ2) is 7.94. The van der Waals surface area contributed by atoms with E-state index in [1.165, 1.54) is 0 Å². The van der Waals surface area contributed by atoms with E-state index < -0.39 is 30.6 Å². The van der Waals surface area contributed by atoms with Crippen LogP contribution in [0.5, 0.6) is 0 Å². The van der Waals surface area contributed by atoms with E-state index in [1.54, 1.807) is 0 Å². The fourth-order valence-corrected chi connectivity index (χ4v) is 1.05. The zero-order valence-electron chi connectivity index (χ0n) is 4.23. The molecule has 9 heavy (non-hydrogen) atoms. The summed E-state index contributed by atoms with van der Waals surface area (Å²) in [5.41, 5.74) is 0. The predicted molar refractivity (Wildman–Crippen MR) is 29.8 cm³/mol. The Morgan fingerprint density at radius 1 is 1.11 bits per heavy atom. The molecule has 0 aliphatic rings. The average molecular weight is 256 g/mol. The Hall–Kier alpha value is -0.0610. The van der Waals surface area contributed by atoms with Gasteiger partial charge in [0.2, 0.25) is 0 Å². The van der Waals surface area contributed by atoms with Crippen molar-refractivity contribution in [3.05, 3.63) is 0 Å². The first-order chi connectivity index (χ1) is 4.41. The van der Waals surface area contributed by atoms with Crippen molar-refractivity contribution in [1.29, 1.82) is 10.5 Å². The molecule has 0 aromatic carbocycles. The summed E-state index contributed by atoms with van der Waals surface area (Å²) in [5.74, 6) is 0. The Morgan fingerprint density at radius 3 is 1.89 bits per heavy atom. The van der Waals surface area contributed by atoms with Crippen LogP contribution >= 0.6 is 0 Å². The molecule has 4 nitrogen and oxygen atoms in total. The van der Waals surface area contributed by atoms with E-state index in [2.05, 4.69) is 7.64 Å². The second-order valence-corrected chi connectivity index (χ2v) is 3.16. The van der Waals surface area contributed by atoms with Crippen molar-refractivity contribution >= 4 is 30.6 Å². The summed E-state index contributed by atoms with van der Waals surface area (Å²) < 4.78 is 9.26. The molecule has 0 radical (unpaired) electrons. The molecule has 0 aromatic rings. The van der Waals surface area contributed by atoms with Crippen molar-refractivity contribution in [1.82, 2.24) is 0 Å². The van der Waals surface area contributed by atoms with Crippen molar-refractivity contribution in [2.24, 2.45) is 0 Å². The maximum atomic E-state index is 7.96. The molecule has 0 N–H and O–H groups in total. The third-order valence-corrected chi connectivity index (χ3v) is 1.50. The molecule has 0 saturated carbocycles. The number of nitriles is 2. The zero-order valence-corrected chi connectivity index (χ0v) is 7.66. The van der Waals surface area contributed by atoms with Crippen LogP contribution < -0.4 is 0 Å². The first-order valence-corrected chi connectivity index (χ1v) is 4.88. The third kappa shape index (κ3) is 7.94. The van der Waals surface area contributed by atoms with Gasteiger partial charge in [0.05, 0.1) is 0 Å². The van der Waals surface area contributed by atoms with Gasteiger partial charge in [-0.25, -0.2) is 0 Å². The molecule has 0 aromatic heterocycles. The summed E-state index contributed by atoms with van der Waals surface area (Å²) in [5, 5.41) is 15.9. The molecule has 0 heterocycles. The minimum absolute atomic E-state index is 0.0706. The maximum absolute atomic E-state index is 7.96. The molecule has 6 heteroatoms. The first kappa shape index (κ1) is 8.94. The van der Waals surface area contributed by atoms with Crippen LogP contribution in [0.4, 0.5) is 0 Å². The normalized spacial score (nSPS) is 7.78. The Balaban J connectivity index is 2.79. The van der Waals surface area contributed by atoms with Crippen LogP contribution in [0.2, 0.25) is 0 Å². The predicted octanol–water partition coefficient (Wildman–Crippen LogP) is -0.822. The number of hydrogen-bond acceptors (Lipinski definition) is 4. The topological polar surface area (TPSA) is 66.0 Å². The molecule has 0 aliphatic carbocycles. The van der Waals surface area contributed by atoms with Crippen LogP contribution in [0.15, 0.2) is 0 Å². The van der Waals surface area contributed by atoms with Crippen LogP contribution in [-0.2, 0) is 7.64 Å². The van der Waals surface area contributed by atoms with E-state index in [4.69, 9.17) is 10.5 Å². The summed E-state index contributed by atoms with van der Waals surface area (Å²) >= 11 is -0.906. The molecule has 0 saturated heterocycles. The van der Waals surface area contributed by atoms with Gasteiger partial charge in [-0.3, -0.25) is 0 Å². The van der Waals surface area contributed by atoms with E-state index >= 15 is 0 Å². The Kier molecular flexibility index (Phi) is 7.89. The molecule has 0 bridgehead atoms. The van der Waals surface area contributed by atoms with E-state index in [1.807, 2.05) is 9.94 Å². The summed E-state index contributed by atoms with van der Waals surface area (Å²) in [6.07, 6.45) is 0. The van der Waals surface area contributed by atoms with Gasteiger partial charge in [0.1, 0.15) is 0 Å². The Morgan fingerprint density at radius 2 is 1.56 bits per heavy atom. The van der Waals surface area contributed by atoms with Crippen molar-refractivity contribution in [3.63, 3.8) is 0 Å². The fraction of sp³-hybridized carbons (Fsp3) is 0.333. The molecular weight excluding hydrogens is 254 g/mol. The molecule has 0 fully saturated rings. The molecule has 0 atom stereocenters. The molecule has 0 amide bonds. The van der Waals surface area contributed by atoms with Crippen LogP contribution in [0.25, 0.3) is 0 Å². The van der Waals surface area contributed by atoms with Gasteiger partial charge in [-0.2, -0.15) is 0 Å². The van der Waals surface area contributed by atoms with E-state index in [0.29, 0.717) is 0 Å². The second-order valence-electron chi connectivity index (χ2n) is 0.703. The Labute approximate surface area is 65.7 Å². The summed E-state index contributed by atoms with van der Waals surface area (Å²) in [4.78, 5) is 3.66. The third-order valence-electron chi connectivity index (χ3n) is 0.289. The van der Waals surface area contributed by atoms with Gasteiger partial charge in [-0.05, 0) is 0 Å². The van der Waals surface area contributed by atoms with E-state index in [9.17, 15) is 0 Å². The van der Waals surface area contributed by atoms with Gasteiger partial charge >= 0.3 is 65.5 Å². The van der Waals surface area contributed by atoms with Gasteiger partial charge < -0.3 is 0 Å². The van der Waals surface area contributed by atoms with Gasteiger partial charge in [0.15, 0.2) is 0 Å². The fourth-order valence-electron chi connectivity index (χ4n) is 0.120. The van der Waals surface area contributed by atoms with Crippen molar-refractivity contribution in [2.75, 3.05) is 6.79 Å². The van der Waals surface area contributed by atoms with E-state index in [0.717, 1.165) is 0 Å². The molecule has 0 aliphatic heterocycles. The van der Waals surface area contributed by atoms with Crippen molar-refractivity contribution < 1.29 is 7.64 Å². The first-order valence-electron chi connectivity index (χ1n) is 1.77. The zero-order chi connectivity index (χ0) is 6.95.